The molecule has 1 atom stereocenters. The molecule has 8 heteroatoms. The topological polar surface area (TPSA) is 92.2 Å². The number of aromatic nitrogens is 2. The molecule has 30 heavy (non-hydrogen) atoms. The second-order valence-electron chi connectivity index (χ2n) is 6.92. The minimum absolute atomic E-state index is 0.139. The molecule has 2 aromatic heterocycles. The third-order valence-electron chi connectivity index (χ3n) is 5.11. The summed E-state index contributed by atoms with van der Waals surface area (Å²) in [5, 5.41) is 15.6. The van der Waals surface area contributed by atoms with Crippen LogP contribution in [0.4, 0.5) is 10.9 Å². The fourth-order valence-electron chi connectivity index (χ4n) is 3.39. The first kappa shape index (κ1) is 22.1. The number of nitrogens with one attached hydrogen (secondary N) is 1. The molecule has 3 rings (SSSR count). The van der Waals surface area contributed by atoms with E-state index in [1.807, 2.05) is 23.6 Å². The van der Waals surface area contributed by atoms with Gasteiger partial charge in [-0.25, -0.2) is 9.97 Å². The van der Waals surface area contributed by atoms with Crippen LogP contribution in [0, 0.1) is 0 Å². The number of benzene rings is 1. The minimum Gasteiger partial charge on any atom is -0.480 e. The average molecular weight is 488 g/mol. The van der Waals surface area contributed by atoms with Gasteiger partial charge in [0.25, 0.3) is 0 Å². The van der Waals surface area contributed by atoms with Crippen molar-refractivity contribution in [2.75, 3.05) is 5.32 Å². The van der Waals surface area contributed by atoms with E-state index in [4.69, 9.17) is 0 Å². The number of carboxylic acid groups (broad SMARTS) is 1. The molecule has 2 N–H and O–H groups in total. The number of carbonyl (C=O) groups is 2. The van der Waals surface area contributed by atoms with E-state index in [9.17, 15) is 14.7 Å². The molecule has 0 aliphatic rings. The van der Waals surface area contributed by atoms with E-state index in [-0.39, 0.29) is 6.42 Å². The molecule has 3 aromatic rings. The molecule has 6 nitrogen and oxygen atoms in total. The zero-order chi connectivity index (χ0) is 21.7. The maximum atomic E-state index is 12.3. The van der Waals surface area contributed by atoms with E-state index in [0.717, 1.165) is 18.5 Å². The van der Waals surface area contributed by atoms with Crippen molar-refractivity contribution in [3.05, 3.63) is 69.3 Å². The summed E-state index contributed by atoms with van der Waals surface area (Å²) in [4.78, 5) is 33.2. The van der Waals surface area contributed by atoms with Crippen LogP contribution >= 0.6 is 27.3 Å². The number of aryl methyl sites for hydroxylation is 2. The highest BCUT2D eigenvalue weighted by molar-refractivity contribution is 9.10. The van der Waals surface area contributed by atoms with E-state index >= 15 is 0 Å². The van der Waals surface area contributed by atoms with Crippen molar-refractivity contribution >= 4 is 50.0 Å². The Morgan fingerprint density at radius 1 is 1.23 bits per heavy atom. The number of carboxylic acids is 1. The van der Waals surface area contributed by atoms with Crippen LogP contribution in [0.3, 0.4) is 0 Å². The third-order valence-corrected chi connectivity index (χ3v) is 6.55. The molecule has 1 unspecified atom stereocenters. The first-order valence-corrected chi connectivity index (χ1v) is 11.2. The van der Waals surface area contributed by atoms with Crippen molar-refractivity contribution in [2.24, 2.45) is 0 Å². The molecule has 0 radical (unpaired) electrons. The first-order valence-electron chi connectivity index (χ1n) is 9.52. The number of ketones is 1. The van der Waals surface area contributed by atoms with Crippen molar-refractivity contribution in [3.8, 4) is 0 Å². The van der Waals surface area contributed by atoms with Crippen molar-refractivity contribution in [3.63, 3.8) is 0 Å². The zero-order valence-electron chi connectivity index (χ0n) is 16.7. The number of pyridine rings is 1. The predicted octanol–water partition coefficient (Wildman–Crippen LogP) is 5.15. The summed E-state index contributed by atoms with van der Waals surface area (Å²) in [5.74, 6) is -1.15. The zero-order valence-corrected chi connectivity index (χ0v) is 19.1. The lowest BCUT2D eigenvalue weighted by Gasteiger charge is -2.27. The molecule has 0 saturated carbocycles. The number of thiazole rings is 1. The molecule has 0 saturated heterocycles. The van der Waals surface area contributed by atoms with Gasteiger partial charge in [0.1, 0.15) is 5.82 Å². The highest BCUT2D eigenvalue weighted by Gasteiger charge is 2.45. The Labute approximate surface area is 187 Å². The summed E-state index contributed by atoms with van der Waals surface area (Å²) in [6.07, 6.45) is 3.38. The van der Waals surface area contributed by atoms with Gasteiger partial charge in [0, 0.05) is 16.0 Å². The van der Waals surface area contributed by atoms with Crippen LogP contribution < -0.4 is 5.32 Å². The number of aliphatic carboxylic acids is 1. The summed E-state index contributed by atoms with van der Waals surface area (Å²) in [6, 6.07) is 11.8. The normalized spacial score (nSPS) is 12.9. The van der Waals surface area contributed by atoms with Gasteiger partial charge in [-0.2, -0.15) is 0 Å². The Balaban J connectivity index is 1.80. The van der Waals surface area contributed by atoms with Gasteiger partial charge in [0.05, 0.1) is 5.69 Å². The molecule has 0 spiro atoms. The van der Waals surface area contributed by atoms with E-state index in [1.54, 1.807) is 13.0 Å². The molecular weight excluding hydrogens is 466 g/mol. The van der Waals surface area contributed by atoms with Crippen molar-refractivity contribution in [2.45, 2.75) is 38.5 Å². The Kier molecular flexibility index (Phi) is 6.99. The fraction of sp³-hybridized carbons (Fsp3) is 0.273. The lowest BCUT2D eigenvalue weighted by Crippen LogP contribution is -2.42. The number of halogens is 1. The number of nitrogens with zero attached hydrogens (tertiary/aromatic N) is 2. The second-order valence-corrected chi connectivity index (χ2v) is 8.64. The van der Waals surface area contributed by atoms with E-state index in [1.165, 1.54) is 30.0 Å². The average Bonchev–Trinajstić information content (AvgIpc) is 3.17. The third kappa shape index (κ3) is 4.60. The summed E-state index contributed by atoms with van der Waals surface area (Å²) >= 11 is 4.82. The van der Waals surface area contributed by atoms with Crippen LogP contribution in [0.15, 0.2) is 52.4 Å². The lowest BCUT2D eigenvalue weighted by atomic mass is 9.75. The Bertz CT molecular complexity index is 1040. The molecular formula is C22H22BrN3O3S. The summed E-state index contributed by atoms with van der Waals surface area (Å²) in [7, 11) is 0. The van der Waals surface area contributed by atoms with Gasteiger partial charge in [0.2, 0.25) is 0 Å². The number of hydrogen-bond donors (Lipinski definition) is 2. The number of rotatable bonds is 9. The Morgan fingerprint density at radius 2 is 1.97 bits per heavy atom. The summed E-state index contributed by atoms with van der Waals surface area (Å²) in [6.45, 7) is 2.99. The van der Waals surface area contributed by atoms with Crippen LogP contribution in [0.25, 0.3) is 0 Å². The van der Waals surface area contributed by atoms with E-state index in [2.05, 4.69) is 43.3 Å². The summed E-state index contributed by atoms with van der Waals surface area (Å²) < 4.78 is 0.482. The molecule has 0 aliphatic carbocycles. The minimum atomic E-state index is -1.62. The summed E-state index contributed by atoms with van der Waals surface area (Å²) in [5.41, 5.74) is 0.985. The predicted molar refractivity (Wildman–Crippen MR) is 121 cm³/mol. The van der Waals surface area contributed by atoms with E-state index in [0.29, 0.717) is 21.0 Å². The highest BCUT2D eigenvalue weighted by atomic mass is 79.9. The maximum Gasteiger partial charge on any atom is 0.321 e. The van der Waals surface area contributed by atoms with Gasteiger partial charge in [-0.3, -0.25) is 9.59 Å². The van der Waals surface area contributed by atoms with Gasteiger partial charge in [-0.1, -0.05) is 37.3 Å². The lowest BCUT2D eigenvalue weighted by molar-refractivity contribution is -0.148. The van der Waals surface area contributed by atoms with Crippen LogP contribution in [-0.2, 0) is 27.8 Å². The van der Waals surface area contributed by atoms with Crippen molar-refractivity contribution < 1.29 is 14.7 Å². The van der Waals surface area contributed by atoms with Crippen molar-refractivity contribution in [1.82, 2.24) is 9.97 Å². The number of carbonyl (C=O) groups excluding carboxylic acids is 1. The molecule has 0 fully saturated rings. The molecule has 0 amide bonds. The maximum absolute atomic E-state index is 12.3. The molecule has 1 aromatic carbocycles. The van der Waals surface area contributed by atoms with Gasteiger partial charge >= 0.3 is 5.97 Å². The van der Waals surface area contributed by atoms with Gasteiger partial charge in [0.15, 0.2) is 16.3 Å². The number of anilines is 2. The van der Waals surface area contributed by atoms with Crippen LogP contribution in [0.5, 0.6) is 0 Å². The fourth-order valence-corrected chi connectivity index (χ4v) is 4.69. The monoisotopic (exact) mass is 487 g/mol. The smallest absolute Gasteiger partial charge is 0.321 e. The largest absolute Gasteiger partial charge is 0.480 e. The standard InChI is InChI=1S/C22H22BrN3O3S/c1-3-22(14(2)27,20(28)29)17-11-19(24-12-18(17)23)26-21-25-16(13-30-21)10-9-15-7-5-4-6-8-15/h4-8,11-13H,3,9-10H2,1-2H3,(H,28,29)(H,24,25,26). The molecule has 0 aliphatic heterocycles. The molecule has 0 bridgehead atoms. The number of Topliss-reactive ketones (excluding diaryl/α,β-unsaturated/α-hetero) is 1. The van der Waals surface area contributed by atoms with Crippen LogP contribution in [-0.4, -0.2) is 26.8 Å². The van der Waals surface area contributed by atoms with Crippen LogP contribution in [0.1, 0.15) is 37.1 Å². The van der Waals surface area contributed by atoms with E-state index < -0.39 is 17.2 Å². The second kappa shape index (κ2) is 9.49. The van der Waals surface area contributed by atoms with Gasteiger partial charge < -0.3 is 10.4 Å². The highest BCUT2D eigenvalue weighted by Crippen LogP contribution is 2.36. The Hall–Kier alpha value is -2.58. The molecule has 156 valence electrons. The first-order chi connectivity index (χ1) is 14.4. The molecule has 2 heterocycles. The SMILES string of the molecule is CCC(C(C)=O)(C(=O)O)c1cc(Nc2nc(CCc3ccccc3)cs2)ncc1Br. The van der Waals surface area contributed by atoms with Gasteiger partial charge in [-0.15, -0.1) is 11.3 Å². The Morgan fingerprint density at radius 3 is 2.60 bits per heavy atom. The van der Waals surface area contributed by atoms with Crippen LogP contribution in [0.2, 0.25) is 0 Å². The quantitative estimate of drug-likeness (QED) is 0.405. The van der Waals surface area contributed by atoms with Gasteiger partial charge in [-0.05, 0) is 59.3 Å². The van der Waals surface area contributed by atoms with Crippen molar-refractivity contribution in [1.29, 1.82) is 0 Å². The number of hydrogen-bond acceptors (Lipinski definition) is 6.